The van der Waals surface area contributed by atoms with E-state index in [1.165, 1.54) is 33.3 Å². The van der Waals surface area contributed by atoms with E-state index in [2.05, 4.69) is 15.1 Å². The van der Waals surface area contributed by atoms with Gasteiger partial charge in [-0.1, -0.05) is 13.8 Å². The summed E-state index contributed by atoms with van der Waals surface area (Å²) in [6.45, 7) is 7.04. The fourth-order valence-corrected chi connectivity index (χ4v) is 1.65. The molecule has 0 aromatic carbocycles. The predicted octanol–water partition coefficient (Wildman–Crippen LogP) is 3.15. The fourth-order valence-electron chi connectivity index (χ4n) is 1.65. The van der Waals surface area contributed by atoms with Crippen LogP contribution in [0.25, 0.3) is 11.3 Å². The van der Waals surface area contributed by atoms with Crippen LogP contribution in [-0.4, -0.2) is 24.9 Å². The molecule has 1 N–H and O–H groups in total. The fraction of sp³-hybridized carbons (Fsp3) is 0.500. The lowest BCUT2D eigenvalue weighted by Gasteiger charge is -2.14. The first-order valence-corrected chi connectivity index (χ1v) is 6.75. The highest BCUT2D eigenvalue weighted by Crippen LogP contribution is 2.31. The monoisotopic (exact) mass is 316 g/mol. The number of aromatic nitrogens is 4. The second-order valence-corrected chi connectivity index (χ2v) is 4.89. The van der Waals surface area contributed by atoms with Gasteiger partial charge in [0.15, 0.2) is 11.5 Å². The Balaban J connectivity index is 0.00000116. The van der Waals surface area contributed by atoms with Gasteiger partial charge in [0.1, 0.15) is 5.60 Å². The van der Waals surface area contributed by atoms with Gasteiger partial charge in [0.25, 0.3) is 0 Å². The molecule has 0 spiro atoms. The number of alkyl halides is 3. The van der Waals surface area contributed by atoms with Gasteiger partial charge in [0, 0.05) is 25.0 Å². The summed E-state index contributed by atoms with van der Waals surface area (Å²) in [5.74, 6) is 0.194. The predicted molar refractivity (Wildman–Crippen MR) is 75.8 cm³/mol. The van der Waals surface area contributed by atoms with E-state index in [4.69, 9.17) is 0 Å². The summed E-state index contributed by atoms with van der Waals surface area (Å²) < 4.78 is 38.8. The van der Waals surface area contributed by atoms with Gasteiger partial charge >= 0.3 is 6.18 Å². The average molecular weight is 316 g/mol. The van der Waals surface area contributed by atoms with Gasteiger partial charge in [-0.05, 0) is 19.9 Å². The van der Waals surface area contributed by atoms with Crippen LogP contribution >= 0.6 is 0 Å². The highest BCUT2D eigenvalue weighted by Gasteiger charge is 2.34. The highest BCUT2D eigenvalue weighted by molar-refractivity contribution is 5.57. The van der Waals surface area contributed by atoms with E-state index in [-0.39, 0.29) is 11.5 Å². The van der Waals surface area contributed by atoms with E-state index >= 15 is 0 Å². The van der Waals surface area contributed by atoms with Crippen LogP contribution in [0.15, 0.2) is 18.5 Å². The minimum Gasteiger partial charge on any atom is -0.382 e. The molecule has 0 saturated heterocycles. The van der Waals surface area contributed by atoms with Gasteiger partial charge in [-0.3, -0.25) is 4.68 Å². The number of nitrogens with zero attached hydrogens (tertiary/aromatic N) is 4. The van der Waals surface area contributed by atoms with E-state index in [0.717, 1.165) is 10.7 Å². The summed E-state index contributed by atoms with van der Waals surface area (Å²) >= 11 is 0. The Morgan fingerprint density at radius 3 is 1.95 bits per heavy atom. The zero-order valence-corrected chi connectivity index (χ0v) is 13.1. The van der Waals surface area contributed by atoms with Crippen molar-refractivity contribution in [3.8, 4) is 11.3 Å². The summed E-state index contributed by atoms with van der Waals surface area (Å²) in [6, 6.07) is 0.933. The van der Waals surface area contributed by atoms with Crippen LogP contribution in [0.3, 0.4) is 0 Å². The molecule has 0 amide bonds. The van der Waals surface area contributed by atoms with Crippen molar-refractivity contribution in [2.75, 3.05) is 0 Å². The molecule has 0 radical (unpaired) electrons. The van der Waals surface area contributed by atoms with Crippen LogP contribution < -0.4 is 0 Å². The number of hydrogen-bond donors (Lipinski definition) is 1. The topological polar surface area (TPSA) is 63.8 Å². The molecule has 22 heavy (non-hydrogen) atoms. The number of hydrogen-bond acceptors (Lipinski definition) is 4. The standard InChI is InChI=1S/C12H13F3N4O.C2H6/c1-11(2,20)10-16-5-7(6-17-10)8-4-9(12(13,14)15)18-19(8)3;1-2/h4-6,20H,1-3H3;1-2H3. The van der Waals surface area contributed by atoms with E-state index in [1.807, 2.05) is 13.8 Å². The Hall–Kier alpha value is -1.96. The van der Waals surface area contributed by atoms with Crippen LogP contribution in [0.4, 0.5) is 13.2 Å². The van der Waals surface area contributed by atoms with E-state index in [9.17, 15) is 18.3 Å². The Morgan fingerprint density at radius 1 is 1.09 bits per heavy atom. The molecule has 5 nitrogen and oxygen atoms in total. The van der Waals surface area contributed by atoms with Crippen LogP contribution in [-0.2, 0) is 18.8 Å². The van der Waals surface area contributed by atoms with E-state index in [1.54, 1.807) is 0 Å². The molecule has 2 heterocycles. The number of rotatable bonds is 2. The van der Waals surface area contributed by atoms with Gasteiger partial charge in [0.2, 0.25) is 0 Å². The normalized spacial score (nSPS) is 11.9. The second kappa shape index (κ2) is 6.43. The minimum atomic E-state index is -4.50. The molecule has 2 rings (SSSR count). The maximum Gasteiger partial charge on any atom is 0.435 e. The molecule has 0 aliphatic rings. The third-order valence-electron chi connectivity index (χ3n) is 2.67. The molecule has 0 bridgehead atoms. The Bertz CT molecular complexity index is 612. The molecule has 8 heteroatoms. The molecule has 122 valence electrons. The Labute approximate surface area is 126 Å². The Morgan fingerprint density at radius 2 is 1.59 bits per heavy atom. The molecule has 2 aromatic heterocycles. The summed E-state index contributed by atoms with van der Waals surface area (Å²) in [5, 5.41) is 13.1. The first-order valence-electron chi connectivity index (χ1n) is 6.75. The number of halogens is 3. The zero-order chi connectivity index (χ0) is 17.1. The molecule has 0 fully saturated rings. The minimum absolute atomic E-state index is 0.194. The smallest absolute Gasteiger partial charge is 0.382 e. The maximum atomic E-state index is 12.6. The molecule has 0 atom stereocenters. The van der Waals surface area contributed by atoms with Crippen molar-refractivity contribution in [2.45, 2.75) is 39.5 Å². The molecule has 2 aromatic rings. The SMILES string of the molecule is CC.Cn1nc(C(F)(F)F)cc1-c1cnc(C(C)(C)O)nc1. The summed E-state index contributed by atoms with van der Waals surface area (Å²) in [4.78, 5) is 7.91. The number of aryl methyl sites for hydroxylation is 1. The lowest BCUT2D eigenvalue weighted by atomic mass is 10.1. The summed E-state index contributed by atoms with van der Waals surface area (Å²) in [7, 11) is 1.41. The third-order valence-corrected chi connectivity index (χ3v) is 2.67. The van der Waals surface area contributed by atoms with Crippen LogP contribution in [0.2, 0.25) is 0 Å². The zero-order valence-electron chi connectivity index (χ0n) is 13.1. The summed E-state index contributed by atoms with van der Waals surface area (Å²) in [6.07, 6.45) is -1.78. The largest absolute Gasteiger partial charge is 0.435 e. The van der Waals surface area contributed by atoms with Crippen LogP contribution in [0, 0.1) is 0 Å². The van der Waals surface area contributed by atoms with Crippen LogP contribution in [0.5, 0.6) is 0 Å². The third kappa shape index (κ3) is 4.03. The highest BCUT2D eigenvalue weighted by atomic mass is 19.4. The quantitative estimate of drug-likeness (QED) is 0.924. The Kier molecular flexibility index (Phi) is 5.29. The molecular weight excluding hydrogens is 297 g/mol. The van der Waals surface area contributed by atoms with Crippen LogP contribution in [0.1, 0.15) is 39.2 Å². The molecule has 0 saturated carbocycles. The van der Waals surface area contributed by atoms with Gasteiger partial charge < -0.3 is 5.11 Å². The van der Waals surface area contributed by atoms with Crippen molar-refractivity contribution in [3.63, 3.8) is 0 Å². The van der Waals surface area contributed by atoms with E-state index < -0.39 is 17.5 Å². The van der Waals surface area contributed by atoms with Gasteiger partial charge in [0.05, 0.1) is 5.69 Å². The van der Waals surface area contributed by atoms with Gasteiger partial charge in [-0.15, -0.1) is 0 Å². The number of aliphatic hydroxyl groups is 1. The molecular formula is C14H19F3N4O. The maximum absolute atomic E-state index is 12.6. The van der Waals surface area contributed by atoms with E-state index in [0.29, 0.717) is 5.56 Å². The average Bonchev–Trinajstić information content (AvgIpc) is 2.82. The second-order valence-electron chi connectivity index (χ2n) is 4.89. The van der Waals surface area contributed by atoms with Gasteiger partial charge in [-0.2, -0.15) is 18.3 Å². The van der Waals surface area contributed by atoms with Crippen molar-refractivity contribution < 1.29 is 18.3 Å². The van der Waals surface area contributed by atoms with Crippen molar-refractivity contribution in [1.29, 1.82) is 0 Å². The van der Waals surface area contributed by atoms with Crippen molar-refractivity contribution in [3.05, 3.63) is 30.0 Å². The van der Waals surface area contributed by atoms with Crippen molar-refractivity contribution >= 4 is 0 Å². The lowest BCUT2D eigenvalue weighted by Crippen LogP contribution is -2.19. The van der Waals surface area contributed by atoms with Crippen molar-refractivity contribution in [1.82, 2.24) is 19.7 Å². The van der Waals surface area contributed by atoms with Gasteiger partial charge in [-0.25, -0.2) is 9.97 Å². The lowest BCUT2D eigenvalue weighted by molar-refractivity contribution is -0.141. The first kappa shape index (κ1) is 18.1. The molecule has 0 aliphatic carbocycles. The summed E-state index contributed by atoms with van der Waals surface area (Å²) in [5.41, 5.74) is -1.54. The first-order chi connectivity index (χ1) is 10.1. The molecule has 0 aliphatic heterocycles. The molecule has 0 unspecified atom stereocenters. The van der Waals surface area contributed by atoms with Crippen molar-refractivity contribution in [2.24, 2.45) is 7.05 Å².